The zero-order valence-corrected chi connectivity index (χ0v) is 18.7. The van der Waals surface area contributed by atoms with Crippen LogP contribution in [0.5, 0.6) is 0 Å². The van der Waals surface area contributed by atoms with Gasteiger partial charge < -0.3 is 21.9 Å². The van der Waals surface area contributed by atoms with E-state index in [1.54, 1.807) is 44.2 Å². The molecule has 1 heterocycles. The Morgan fingerprint density at radius 1 is 1.09 bits per heavy atom. The van der Waals surface area contributed by atoms with Crippen LogP contribution >= 0.6 is 0 Å². The highest BCUT2D eigenvalue weighted by molar-refractivity contribution is 7.89. The van der Waals surface area contributed by atoms with E-state index in [-0.39, 0.29) is 24.2 Å². The number of sulfonamides is 1. The normalized spacial score (nSPS) is 12.5. The molecule has 12 heteroatoms. The number of nitrogen functional groups attached to an aromatic ring is 2. The maximum Gasteiger partial charge on any atom is 0.323 e. The number of aliphatic carboxylic acids is 1. The van der Waals surface area contributed by atoms with Gasteiger partial charge in [0, 0.05) is 23.9 Å². The van der Waals surface area contributed by atoms with E-state index in [2.05, 4.69) is 20.0 Å². The van der Waals surface area contributed by atoms with Crippen molar-refractivity contribution < 1.29 is 23.1 Å². The number of nitrogens with two attached hydrogens (primary N) is 2. The van der Waals surface area contributed by atoms with Crippen molar-refractivity contribution in [2.75, 3.05) is 23.8 Å². The van der Waals surface area contributed by atoms with E-state index < -0.39 is 27.9 Å². The molecule has 0 spiro atoms. The predicted octanol–water partition coefficient (Wildman–Crippen LogP) is 0.185. The van der Waals surface area contributed by atoms with Gasteiger partial charge in [0.25, 0.3) is 5.91 Å². The third-order valence-electron chi connectivity index (χ3n) is 4.34. The Bertz CT molecular complexity index is 1040. The van der Waals surface area contributed by atoms with Crippen molar-refractivity contribution in [2.45, 2.75) is 32.7 Å². The summed E-state index contributed by atoms with van der Waals surface area (Å²) in [5.41, 5.74) is 13.2. The average molecular weight is 465 g/mol. The van der Waals surface area contributed by atoms with Gasteiger partial charge in [-0.2, -0.15) is 9.71 Å². The van der Waals surface area contributed by atoms with Gasteiger partial charge >= 0.3 is 5.97 Å². The first-order chi connectivity index (χ1) is 14.9. The maximum atomic E-state index is 12.4. The standard InChI is InChI=1S/C20H28N6O5S/c1-12(2)11-32(30,31)26-16(19(28)29)10-23-18(27)14-6-3-13(4-7-14)5-8-15-9-17(21)25-20(22)24-15/h3-4,6-7,9,12,16,26H,5,8,10-11H2,1-2H3,(H,23,27)(H,28,29)(H4,21,22,24,25). The predicted molar refractivity (Wildman–Crippen MR) is 120 cm³/mol. The highest BCUT2D eigenvalue weighted by Gasteiger charge is 2.25. The van der Waals surface area contributed by atoms with Gasteiger partial charge in [-0.1, -0.05) is 26.0 Å². The fourth-order valence-corrected chi connectivity index (χ4v) is 4.53. The Morgan fingerprint density at radius 2 is 1.75 bits per heavy atom. The Labute approximate surface area is 186 Å². The lowest BCUT2D eigenvalue weighted by molar-refractivity contribution is -0.138. The van der Waals surface area contributed by atoms with Crippen LogP contribution in [0.4, 0.5) is 11.8 Å². The van der Waals surface area contributed by atoms with E-state index in [1.807, 2.05) is 0 Å². The summed E-state index contributed by atoms with van der Waals surface area (Å²) >= 11 is 0. The van der Waals surface area contributed by atoms with Gasteiger partial charge in [-0.05, 0) is 36.5 Å². The molecule has 2 aromatic rings. The molecule has 0 aliphatic rings. The lowest BCUT2D eigenvalue weighted by Crippen LogP contribution is -2.49. The van der Waals surface area contributed by atoms with E-state index in [1.165, 1.54) is 0 Å². The first-order valence-electron chi connectivity index (χ1n) is 9.94. The van der Waals surface area contributed by atoms with E-state index in [9.17, 15) is 23.1 Å². The van der Waals surface area contributed by atoms with Crippen molar-refractivity contribution in [1.29, 1.82) is 0 Å². The highest BCUT2D eigenvalue weighted by atomic mass is 32.2. The van der Waals surface area contributed by atoms with Gasteiger partial charge in [0.05, 0.1) is 5.75 Å². The summed E-state index contributed by atoms with van der Waals surface area (Å²) < 4.78 is 26.1. The second-order valence-corrected chi connectivity index (χ2v) is 9.53. The second kappa shape index (κ2) is 10.9. The number of amides is 1. The van der Waals surface area contributed by atoms with Gasteiger partial charge in [0.15, 0.2) is 0 Å². The van der Waals surface area contributed by atoms with E-state index in [0.717, 1.165) is 5.56 Å². The summed E-state index contributed by atoms with van der Waals surface area (Å²) in [7, 11) is -3.78. The van der Waals surface area contributed by atoms with Crippen LogP contribution in [0.3, 0.4) is 0 Å². The number of carbonyl (C=O) groups is 2. The van der Waals surface area contributed by atoms with Gasteiger partial charge in [0.2, 0.25) is 16.0 Å². The molecule has 1 amide bonds. The van der Waals surface area contributed by atoms with Crippen molar-refractivity contribution in [3.63, 3.8) is 0 Å². The number of aryl methyl sites for hydroxylation is 2. The number of anilines is 2. The van der Waals surface area contributed by atoms with Crippen molar-refractivity contribution >= 4 is 33.7 Å². The van der Waals surface area contributed by atoms with Crippen molar-refractivity contribution in [3.05, 3.63) is 47.2 Å². The molecule has 0 saturated carbocycles. The van der Waals surface area contributed by atoms with E-state index >= 15 is 0 Å². The molecule has 1 aromatic carbocycles. The zero-order valence-electron chi connectivity index (χ0n) is 17.9. The molecule has 0 bridgehead atoms. The van der Waals surface area contributed by atoms with Crippen LogP contribution in [0.25, 0.3) is 0 Å². The first-order valence-corrected chi connectivity index (χ1v) is 11.6. The van der Waals surface area contributed by atoms with Gasteiger partial charge in [0.1, 0.15) is 11.9 Å². The highest BCUT2D eigenvalue weighted by Crippen LogP contribution is 2.11. The largest absolute Gasteiger partial charge is 0.480 e. The van der Waals surface area contributed by atoms with Crippen molar-refractivity contribution in [2.24, 2.45) is 5.92 Å². The minimum absolute atomic E-state index is 0.109. The third kappa shape index (κ3) is 8.12. The fraction of sp³-hybridized carbons (Fsp3) is 0.400. The van der Waals surface area contributed by atoms with Gasteiger partial charge in [-0.25, -0.2) is 13.4 Å². The lowest BCUT2D eigenvalue weighted by atomic mass is 10.1. The number of nitrogens with one attached hydrogen (secondary N) is 2. The summed E-state index contributed by atoms with van der Waals surface area (Å²) in [5, 5.41) is 11.7. The molecule has 7 N–H and O–H groups in total. The van der Waals surface area contributed by atoms with Crippen molar-refractivity contribution in [3.8, 4) is 0 Å². The zero-order chi connectivity index (χ0) is 23.9. The number of aromatic nitrogens is 2. The average Bonchev–Trinajstić information content (AvgIpc) is 2.67. The number of carboxylic acids is 1. The van der Waals surface area contributed by atoms with Crippen LogP contribution < -0.4 is 21.5 Å². The molecule has 0 fully saturated rings. The number of carbonyl (C=O) groups excluding carboxylic acids is 1. The number of rotatable bonds is 11. The second-order valence-electron chi connectivity index (χ2n) is 7.73. The topological polar surface area (TPSA) is 190 Å². The quantitative estimate of drug-likeness (QED) is 0.309. The summed E-state index contributed by atoms with van der Waals surface area (Å²) in [5.74, 6) is -1.86. The van der Waals surface area contributed by atoms with Crippen LogP contribution in [0, 0.1) is 5.92 Å². The fourth-order valence-electron chi connectivity index (χ4n) is 2.94. The molecule has 1 unspecified atom stereocenters. The van der Waals surface area contributed by atoms with Crippen LogP contribution in [0.15, 0.2) is 30.3 Å². The van der Waals surface area contributed by atoms with Crippen LogP contribution in [0.2, 0.25) is 0 Å². The number of nitrogens with zero attached hydrogens (tertiary/aromatic N) is 2. The van der Waals surface area contributed by atoms with Crippen LogP contribution in [-0.4, -0.2) is 53.7 Å². The third-order valence-corrected chi connectivity index (χ3v) is 6.09. The van der Waals surface area contributed by atoms with E-state index in [0.29, 0.717) is 29.9 Å². The van der Waals surface area contributed by atoms with Gasteiger partial charge in [-0.15, -0.1) is 0 Å². The Kier molecular flexibility index (Phi) is 8.49. The Morgan fingerprint density at radius 3 is 2.31 bits per heavy atom. The lowest BCUT2D eigenvalue weighted by Gasteiger charge is -2.16. The molecule has 1 aromatic heterocycles. The van der Waals surface area contributed by atoms with Gasteiger partial charge in [-0.3, -0.25) is 9.59 Å². The molecule has 0 aliphatic heterocycles. The monoisotopic (exact) mass is 464 g/mol. The number of carboxylic acid groups (broad SMARTS) is 1. The molecule has 32 heavy (non-hydrogen) atoms. The summed E-state index contributed by atoms with van der Waals surface area (Å²) in [6.45, 7) is 3.03. The number of hydrogen-bond acceptors (Lipinski definition) is 8. The summed E-state index contributed by atoms with van der Waals surface area (Å²) in [4.78, 5) is 31.7. The molecular formula is C20H28N6O5S. The molecule has 11 nitrogen and oxygen atoms in total. The molecule has 1 atom stereocenters. The van der Waals surface area contributed by atoms with Crippen LogP contribution in [0.1, 0.15) is 35.5 Å². The smallest absolute Gasteiger partial charge is 0.323 e. The SMILES string of the molecule is CC(C)CS(=O)(=O)NC(CNC(=O)c1ccc(CCc2cc(N)nc(N)n2)cc1)C(=O)O. The maximum absolute atomic E-state index is 12.4. The van der Waals surface area contributed by atoms with Crippen LogP contribution in [-0.2, 0) is 27.7 Å². The summed E-state index contributed by atoms with van der Waals surface area (Å²) in [6.07, 6.45) is 1.22. The molecule has 174 valence electrons. The Balaban J connectivity index is 1.93. The minimum atomic E-state index is -3.78. The Hall–Kier alpha value is -3.25. The number of hydrogen-bond donors (Lipinski definition) is 5. The summed E-state index contributed by atoms with van der Waals surface area (Å²) in [6, 6.07) is 6.92. The molecular weight excluding hydrogens is 436 g/mol. The minimum Gasteiger partial charge on any atom is -0.480 e. The number of benzene rings is 1. The van der Waals surface area contributed by atoms with E-state index in [4.69, 9.17) is 11.5 Å². The molecule has 0 radical (unpaired) electrons. The molecule has 0 aliphatic carbocycles. The van der Waals surface area contributed by atoms with Crippen molar-refractivity contribution in [1.82, 2.24) is 20.0 Å². The molecule has 2 rings (SSSR count). The molecule has 0 saturated heterocycles. The first kappa shape index (κ1) is 25.0.